The number of hydrogen-bond acceptors (Lipinski definition) is 2. The van der Waals surface area contributed by atoms with Gasteiger partial charge < -0.3 is 15.3 Å². The summed E-state index contributed by atoms with van der Waals surface area (Å²) in [4.78, 5) is 7.11. The lowest BCUT2D eigenvalue weighted by Gasteiger charge is -2.41. The average molecular weight is 380 g/mol. The number of nitrogens with zero attached hydrogens (tertiary/aromatic N) is 2. The molecule has 0 spiro atoms. The molecule has 23 heavy (non-hydrogen) atoms. The smallest absolute Gasteiger partial charge is 0.194 e. The maximum atomic E-state index is 9.78. The summed E-state index contributed by atoms with van der Waals surface area (Å²) in [5.74, 6) is 0.951. The number of hydrogen-bond donors (Lipinski definition) is 2. The minimum atomic E-state index is -0.219. The van der Waals surface area contributed by atoms with Crippen LogP contribution in [0.4, 0.5) is 0 Å². The third-order valence-corrected chi connectivity index (χ3v) is 5.63. The number of aliphatic hydroxyl groups is 1. The van der Waals surface area contributed by atoms with E-state index in [1.807, 2.05) is 0 Å². The third-order valence-electron chi connectivity index (χ3n) is 5.10. The highest BCUT2D eigenvalue weighted by atomic mass is 79.9. The van der Waals surface area contributed by atoms with Crippen molar-refractivity contribution in [3.63, 3.8) is 0 Å². The summed E-state index contributed by atoms with van der Waals surface area (Å²) in [6.07, 6.45) is 4.32. The van der Waals surface area contributed by atoms with Crippen LogP contribution < -0.4 is 5.32 Å². The van der Waals surface area contributed by atoms with Gasteiger partial charge in [0, 0.05) is 29.5 Å². The van der Waals surface area contributed by atoms with Crippen molar-refractivity contribution in [2.24, 2.45) is 4.99 Å². The summed E-state index contributed by atoms with van der Waals surface area (Å²) >= 11 is 3.52. The van der Waals surface area contributed by atoms with Crippen molar-refractivity contribution < 1.29 is 5.11 Å². The summed E-state index contributed by atoms with van der Waals surface area (Å²) in [5, 5.41) is 13.2. The zero-order chi connectivity index (χ0) is 16.3. The largest absolute Gasteiger partial charge is 0.391 e. The van der Waals surface area contributed by atoms with Crippen molar-refractivity contribution in [1.82, 2.24) is 10.2 Å². The van der Waals surface area contributed by atoms with Crippen LogP contribution in [0.5, 0.6) is 0 Å². The number of nitrogens with one attached hydrogen (secondary N) is 1. The van der Waals surface area contributed by atoms with E-state index >= 15 is 0 Å². The third kappa shape index (κ3) is 3.72. The van der Waals surface area contributed by atoms with Crippen LogP contribution in [0.3, 0.4) is 0 Å². The van der Waals surface area contributed by atoms with Gasteiger partial charge in [-0.2, -0.15) is 0 Å². The number of halogens is 1. The molecule has 3 rings (SSSR count). The van der Waals surface area contributed by atoms with Gasteiger partial charge in [0.2, 0.25) is 0 Å². The van der Waals surface area contributed by atoms with Gasteiger partial charge in [0.25, 0.3) is 0 Å². The first kappa shape index (κ1) is 16.8. The maximum absolute atomic E-state index is 9.78. The molecule has 1 aromatic carbocycles. The fraction of sp³-hybridized carbons (Fsp3) is 0.611. The first-order valence-electron chi connectivity index (χ1n) is 8.60. The summed E-state index contributed by atoms with van der Waals surface area (Å²) in [6, 6.07) is 8.71. The Kier molecular flexibility index (Phi) is 5.27. The number of rotatable bonds is 4. The molecule has 4 nitrogen and oxygen atoms in total. The Morgan fingerprint density at radius 1 is 1.39 bits per heavy atom. The summed E-state index contributed by atoms with van der Waals surface area (Å²) in [5.41, 5.74) is 1.59. The molecule has 0 bridgehead atoms. The highest BCUT2D eigenvalue weighted by Crippen LogP contribution is 2.44. The molecule has 2 fully saturated rings. The minimum Gasteiger partial charge on any atom is -0.391 e. The SMILES string of the molecule is CCNC(=NCC1(c2ccc(Br)cc2)CCC1)N1CC[C@@H](O)C1. The van der Waals surface area contributed by atoms with Crippen molar-refractivity contribution in [3.05, 3.63) is 34.3 Å². The van der Waals surface area contributed by atoms with Gasteiger partial charge in [0.05, 0.1) is 12.6 Å². The van der Waals surface area contributed by atoms with Gasteiger partial charge in [0.15, 0.2) is 5.96 Å². The van der Waals surface area contributed by atoms with E-state index in [0.717, 1.165) is 36.5 Å². The van der Waals surface area contributed by atoms with Crippen LogP contribution in [0.25, 0.3) is 0 Å². The van der Waals surface area contributed by atoms with Gasteiger partial charge in [-0.1, -0.05) is 34.5 Å². The van der Waals surface area contributed by atoms with E-state index in [1.54, 1.807) is 0 Å². The quantitative estimate of drug-likeness (QED) is 0.624. The lowest BCUT2D eigenvalue weighted by atomic mass is 9.64. The number of β-amino-alcohol motifs (C(OH)–C–C–N with tert-alkyl or cyclic N) is 1. The van der Waals surface area contributed by atoms with E-state index in [4.69, 9.17) is 4.99 Å². The van der Waals surface area contributed by atoms with Crippen LogP contribution in [-0.2, 0) is 5.41 Å². The first-order chi connectivity index (χ1) is 11.1. The highest BCUT2D eigenvalue weighted by Gasteiger charge is 2.38. The van der Waals surface area contributed by atoms with Gasteiger partial charge in [-0.25, -0.2) is 0 Å². The van der Waals surface area contributed by atoms with Crippen LogP contribution in [0.2, 0.25) is 0 Å². The fourth-order valence-electron chi connectivity index (χ4n) is 3.53. The van der Waals surface area contributed by atoms with Crippen LogP contribution in [0.1, 0.15) is 38.2 Å². The topological polar surface area (TPSA) is 47.9 Å². The summed E-state index contributed by atoms with van der Waals surface area (Å²) in [7, 11) is 0. The van der Waals surface area contributed by atoms with Crippen LogP contribution in [-0.4, -0.2) is 48.2 Å². The van der Waals surface area contributed by atoms with Crippen molar-refractivity contribution >= 4 is 21.9 Å². The molecule has 1 aliphatic heterocycles. The lowest BCUT2D eigenvalue weighted by Crippen LogP contribution is -2.43. The average Bonchev–Trinajstić information content (AvgIpc) is 2.93. The van der Waals surface area contributed by atoms with Crippen molar-refractivity contribution in [3.8, 4) is 0 Å². The van der Waals surface area contributed by atoms with Crippen molar-refractivity contribution in [2.45, 2.75) is 44.1 Å². The Labute approximate surface area is 147 Å². The molecule has 1 saturated heterocycles. The maximum Gasteiger partial charge on any atom is 0.194 e. The van der Waals surface area contributed by atoms with Gasteiger partial charge >= 0.3 is 0 Å². The molecule has 0 unspecified atom stereocenters. The molecule has 1 aliphatic carbocycles. The molecule has 0 radical (unpaired) electrons. The molecule has 5 heteroatoms. The number of likely N-dealkylation sites (tertiary alicyclic amines) is 1. The molecular formula is C18H26BrN3O. The predicted octanol–water partition coefficient (Wildman–Crippen LogP) is 2.90. The Bertz CT molecular complexity index is 554. The second kappa shape index (κ2) is 7.22. The molecule has 126 valence electrons. The molecule has 2 N–H and O–H groups in total. The van der Waals surface area contributed by atoms with Crippen LogP contribution in [0, 0.1) is 0 Å². The predicted molar refractivity (Wildman–Crippen MR) is 97.8 cm³/mol. The second-order valence-electron chi connectivity index (χ2n) is 6.70. The summed E-state index contributed by atoms with van der Waals surface area (Å²) in [6.45, 7) is 5.35. The van der Waals surface area contributed by atoms with Gasteiger partial charge in [-0.3, -0.25) is 4.99 Å². The minimum absolute atomic E-state index is 0.194. The Hall–Kier alpha value is -1.07. The zero-order valence-electron chi connectivity index (χ0n) is 13.8. The van der Waals surface area contributed by atoms with E-state index in [9.17, 15) is 5.11 Å². The number of aliphatic imine (C=N–C) groups is 1. The molecule has 1 heterocycles. The lowest BCUT2D eigenvalue weighted by molar-refractivity contribution is 0.187. The zero-order valence-corrected chi connectivity index (χ0v) is 15.3. The van der Waals surface area contributed by atoms with Crippen molar-refractivity contribution in [1.29, 1.82) is 0 Å². The van der Waals surface area contributed by atoms with E-state index in [1.165, 1.54) is 24.8 Å². The van der Waals surface area contributed by atoms with E-state index in [0.29, 0.717) is 6.54 Å². The number of guanidine groups is 1. The Balaban J connectivity index is 1.75. The second-order valence-corrected chi connectivity index (χ2v) is 7.62. The van der Waals surface area contributed by atoms with Gasteiger partial charge in [0.1, 0.15) is 0 Å². The van der Waals surface area contributed by atoms with Gasteiger partial charge in [-0.15, -0.1) is 0 Å². The molecule has 1 aromatic rings. The summed E-state index contributed by atoms with van der Waals surface area (Å²) < 4.78 is 1.12. The Morgan fingerprint density at radius 3 is 2.65 bits per heavy atom. The fourth-order valence-corrected chi connectivity index (χ4v) is 3.80. The molecule has 2 aliphatic rings. The molecule has 0 aromatic heterocycles. The van der Waals surface area contributed by atoms with E-state index < -0.39 is 0 Å². The number of aliphatic hydroxyl groups excluding tert-OH is 1. The van der Waals surface area contributed by atoms with E-state index in [2.05, 4.69) is 57.3 Å². The number of benzene rings is 1. The molecule has 0 amide bonds. The van der Waals surface area contributed by atoms with Crippen LogP contribution in [0.15, 0.2) is 33.7 Å². The van der Waals surface area contributed by atoms with E-state index in [-0.39, 0.29) is 11.5 Å². The normalized spacial score (nSPS) is 23.7. The first-order valence-corrected chi connectivity index (χ1v) is 9.40. The highest BCUT2D eigenvalue weighted by molar-refractivity contribution is 9.10. The van der Waals surface area contributed by atoms with Crippen molar-refractivity contribution in [2.75, 3.05) is 26.2 Å². The van der Waals surface area contributed by atoms with Crippen LogP contribution >= 0.6 is 15.9 Å². The monoisotopic (exact) mass is 379 g/mol. The Morgan fingerprint density at radius 2 is 2.13 bits per heavy atom. The standard InChI is InChI=1S/C18H26BrN3O/c1-2-20-17(22-11-8-16(23)12-22)21-13-18(9-3-10-18)14-4-6-15(19)7-5-14/h4-7,16,23H,2-3,8-13H2,1H3,(H,20,21)/t16-/m1/s1. The van der Waals surface area contributed by atoms with Gasteiger partial charge in [-0.05, 0) is 43.9 Å². The molecule has 1 saturated carbocycles. The molecular weight excluding hydrogens is 354 g/mol. The molecule has 1 atom stereocenters.